The van der Waals surface area contributed by atoms with E-state index < -0.39 is 0 Å². The van der Waals surface area contributed by atoms with E-state index in [2.05, 4.69) is 34.4 Å². The van der Waals surface area contributed by atoms with E-state index in [1.807, 2.05) is 13.1 Å². The Hall–Kier alpha value is -1.36. The van der Waals surface area contributed by atoms with Gasteiger partial charge in [0.25, 0.3) is 0 Å². The first-order valence-electron chi connectivity index (χ1n) is 7.38. The van der Waals surface area contributed by atoms with Gasteiger partial charge in [-0.2, -0.15) is 0 Å². The number of ether oxygens (including phenoxy) is 1. The number of anilines is 2. The lowest BCUT2D eigenvalue weighted by atomic mass is 10.0. The highest BCUT2D eigenvalue weighted by atomic mass is 16.5. The molecule has 0 radical (unpaired) electrons. The van der Waals surface area contributed by atoms with Crippen LogP contribution in [-0.2, 0) is 4.74 Å². The van der Waals surface area contributed by atoms with Crippen molar-refractivity contribution in [2.24, 2.45) is 5.41 Å². The first kappa shape index (κ1) is 15.0. The van der Waals surface area contributed by atoms with E-state index >= 15 is 0 Å². The highest BCUT2D eigenvalue weighted by Crippen LogP contribution is 2.48. The maximum absolute atomic E-state index is 5.19. The van der Waals surface area contributed by atoms with Gasteiger partial charge in [-0.15, -0.1) is 0 Å². The van der Waals surface area contributed by atoms with Crippen LogP contribution in [0, 0.1) is 5.41 Å². The van der Waals surface area contributed by atoms with Crippen molar-refractivity contribution in [2.45, 2.75) is 39.0 Å². The molecule has 5 nitrogen and oxygen atoms in total. The summed E-state index contributed by atoms with van der Waals surface area (Å²) in [6.07, 6.45) is 3.69. The molecule has 0 aliphatic heterocycles. The zero-order valence-corrected chi connectivity index (χ0v) is 13.0. The van der Waals surface area contributed by atoms with Crippen LogP contribution in [0.5, 0.6) is 0 Å². The van der Waals surface area contributed by atoms with Crippen molar-refractivity contribution in [3.63, 3.8) is 0 Å². The molecule has 0 saturated heterocycles. The van der Waals surface area contributed by atoms with E-state index in [0.29, 0.717) is 11.3 Å². The standard InChI is InChI=1S/C15H26N4O/c1-11(2)14-18-12(16-3)9-13(19-14)17-10-15(5-6-15)7-8-20-4/h9,11H,5-8,10H2,1-4H3,(H2,16,17,18,19). The summed E-state index contributed by atoms with van der Waals surface area (Å²) in [7, 11) is 3.65. The monoisotopic (exact) mass is 278 g/mol. The van der Waals surface area contributed by atoms with Crippen molar-refractivity contribution in [2.75, 3.05) is 37.9 Å². The van der Waals surface area contributed by atoms with Crippen molar-refractivity contribution in [1.29, 1.82) is 0 Å². The predicted octanol–water partition coefficient (Wildman–Crippen LogP) is 2.87. The minimum atomic E-state index is 0.326. The van der Waals surface area contributed by atoms with Crippen molar-refractivity contribution in [1.82, 2.24) is 9.97 Å². The van der Waals surface area contributed by atoms with Gasteiger partial charge in [0.05, 0.1) is 0 Å². The zero-order chi connectivity index (χ0) is 14.6. The number of rotatable bonds is 8. The number of nitrogens with one attached hydrogen (secondary N) is 2. The molecule has 1 aliphatic carbocycles. The average Bonchev–Trinajstić information content (AvgIpc) is 3.23. The summed E-state index contributed by atoms with van der Waals surface area (Å²) in [6, 6.07) is 1.97. The van der Waals surface area contributed by atoms with Gasteiger partial charge in [0.2, 0.25) is 0 Å². The minimum Gasteiger partial charge on any atom is -0.385 e. The minimum absolute atomic E-state index is 0.326. The maximum Gasteiger partial charge on any atom is 0.135 e. The van der Waals surface area contributed by atoms with Crippen molar-refractivity contribution < 1.29 is 4.74 Å². The Labute approximate surface area is 121 Å². The van der Waals surface area contributed by atoms with E-state index in [9.17, 15) is 0 Å². The molecule has 1 aromatic rings. The Morgan fingerprint density at radius 3 is 2.55 bits per heavy atom. The molecule has 2 N–H and O–H groups in total. The molecule has 0 bridgehead atoms. The largest absolute Gasteiger partial charge is 0.385 e. The molecule has 1 heterocycles. The van der Waals surface area contributed by atoms with E-state index in [-0.39, 0.29) is 0 Å². The molecule has 1 fully saturated rings. The normalized spacial score (nSPS) is 16.2. The van der Waals surface area contributed by atoms with Gasteiger partial charge in [-0.05, 0) is 24.7 Å². The molecular formula is C15H26N4O. The Kier molecular flexibility index (Phi) is 4.81. The first-order valence-corrected chi connectivity index (χ1v) is 7.38. The summed E-state index contributed by atoms with van der Waals surface area (Å²) in [5.74, 6) is 2.98. The Balaban J connectivity index is 2.00. The second-order valence-corrected chi connectivity index (χ2v) is 6.00. The number of nitrogens with zero attached hydrogens (tertiary/aromatic N) is 2. The number of hydrogen-bond donors (Lipinski definition) is 2. The summed E-state index contributed by atoms with van der Waals surface area (Å²) in [5, 5.41) is 6.58. The molecular weight excluding hydrogens is 252 g/mol. The zero-order valence-electron chi connectivity index (χ0n) is 13.0. The van der Waals surface area contributed by atoms with Crippen LogP contribution in [0.15, 0.2) is 6.07 Å². The fraction of sp³-hybridized carbons (Fsp3) is 0.733. The van der Waals surface area contributed by atoms with Crippen molar-refractivity contribution in [3.05, 3.63) is 11.9 Å². The van der Waals surface area contributed by atoms with E-state index in [1.165, 1.54) is 12.8 Å². The number of methoxy groups -OCH3 is 1. The highest BCUT2D eigenvalue weighted by molar-refractivity contribution is 5.47. The topological polar surface area (TPSA) is 59.1 Å². The van der Waals surface area contributed by atoms with E-state index in [0.717, 1.165) is 37.0 Å². The molecule has 112 valence electrons. The maximum atomic E-state index is 5.19. The predicted molar refractivity (Wildman–Crippen MR) is 82.3 cm³/mol. The molecule has 1 aromatic heterocycles. The van der Waals surface area contributed by atoms with Gasteiger partial charge in [-0.3, -0.25) is 0 Å². The average molecular weight is 278 g/mol. The molecule has 0 aromatic carbocycles. The first-order chi connectivity index (χ1) is 9.58. The fourth-order valence-corrected chi connectivity index (χ4v) is 2.23. The number of hydrogen-bond acceptors (Lipinski definition) is 5. The summed E-state index contributed by atoms with van der Waals surface area (Å²) >= 11 is 0. The molecule has 0 unspecified atom stereocenters. The van der Waals surface area contributed by atoms with Gasteiger partial charge >= 0.3 is 0 Å². The van der Waals surface area contributed by atoms with E-state index in [1.54, 1.807) is 7.11 Å². The Morgan fingerprint density at radius 2 is 2.00 bits per heavy atom. The number of aromatic nitrogens is 2. The highest BCUT2D eigenvalue weighted by Gasteiger charge is 2.41. The van der Waals surface area contributed by atoms with Crippen LogP contribution in [0.3, 0.4) is 0 Å². The lowest BCUT2D eigenvalue weighted by molar-refractivity contribution is 0.175. The van der Waals surface area contributed by atoms with Gasteiger partial charge in [0.1, 0.15) is 17.5 Å². The molecule has 20 heavy (non-hydrogen) atoms. The Bertz CT molecular complexity index is 443. The van der Waals surface area contributed by atoms with Crippen LogP contribution in [-0.4, -0.2) is 37.3 Å². The fourth-order valence-electron chi connectivity index (χ4n) is 2.23. The smallest absolute Gasteiger partial charge is 0.135 e. The molecule has 2 rings (SSSR count). The SMILES string of the molecule is CNc1cc(NCC2(CCOC)CC2)nc(C(C)C)n1. The summed E-state index contributed by atoms with van der Waals surface area (Å²) in [4.78, 5) is 9.08. The quantitative estimate of drug-likeness (QED) is 0.765. The van der Waals surface area contributed by atoms with Gasteiger partial charge in [0, 0.05) is 39.3 Å². The molecule has 1 saturated carbocycles. The summed E-state index contributed by atoms with van der Waals surface area (Å²) < 4.78 is 5.19. The van der Waals surface area contributed by atoms with Gasteiger partial charge in [-0.25, -0.2) is 9.97 Å². The molecule has 0 amide bonds. The van der Waals surface area contributed by atoms with E-state index in [4.69, 9.17) is 4.74 Å². The third kappa shape index (κ3) is 3.82. The van der Waals surface area contributed by atoms with Gasteiger partial charge < -0.3 is 15.4 Å². The van der Waals surface area contributed by atoms with Gasteiger partial charge in [-0.1, -0.05) is 13.8 Å². The molecule has 0 atom stereocenters. The third-order valence-corrected chi connectivity index (χ3v) is 3.95. The lowest BCUT2D eigenvalue weighted by Gasteiger charge is -2.17. The molecule has 5 heteroatoms. The van der Waals surface area contributed by atoms with Crippen LogP contribution < -0.4 is 10.6 Å². The van der Waals surface area contributed by atoms with Crippen LogP contribution in [0.1, 0.15) is 44.9 Å². The van der Waals surface area contributed by atoms with Crippen molar-refractivity contribution in [3.8, 4) is 0 Å². The third-order valence-electron chi connectivity index (χ3n) is 3.95. The summed E-state index contributed by atoms with van der Waals surface area (Å²) in [6.45, 7) is 6.03. The van der Waals surface area contributed by atoms with Gasteiger partial charge in [0.15, 0.2) is 0 Å². The van der Waals surface area contributed by atoms with Crippen LogP contribution in [0.25, 0.3) is 0 Å². The second kappa shape index (κ2) is 6.39. The Morgan fingerprint density at radius 1 is 1.30 bits per heavy atom. The molecule has 0 spiro atoms. The van der Waals surface area contributed by atoms with Crippen LogP contribution in [0.4, 0.5) is 11.6 Å². The lowest BCUT2D eigenvalue weighted by Crippen LogP contribution is -2.18. The summed E-state index contributed by atoms with van der Waals surface area (Å²) in [5.41, 5.74) is 0.415. The molecule has 1 aliphatic rings. The van der Waals surface area contributed by atoms with Crippen LogP contribution >= 0.6 is 0 Å². The van der Waals surface area contributed by atoms with Crippen LogP contribution in [0.2, 0.25) is 0 Å². The van der Waals surface area contributed by atoms with Crippen molar-refractivity contribution >= 4 is 11.6 Å². The second-order valence-electron chi connectivity index (χ2n) is 6.00.